The van der Waals surface area contributed by atoms with Crippen molar-refractivity contribution < 1.29 is 18.3 Å². The second-order valence-electron chi connectivity index (χ2n) is 8.21. The molecule has 2 aromatic carbocycles. The van der Waals surface area contributed by atoms with E-state index in [9.17, 15) is 13.5 Å². The van der Waals surface area contributed by atoms with Crippen molar-refractivity contribution >= 4 is 27.3 Å². The fourth-order valence-electron chi connectivity index (χ4n) is 3.50. The molecule has 0 amide bonds. The smallest absolute Gasteiger partial charge is 0.231 e. The highest BCUT2D eigenvalue weighted by Gasteiger charge is 2.30. The maximum absolute atomic E-state index is 11.6. The summed E-state index contributed by atoms with van der Waals surface area (Å²) in [7, 11) is -1.80. The van der Waals surface area contributed by atoms with Gasteiger partial charge in [0.2, 0.25) is 10.0 Å². The molecule has 3 rings (SSSR count). The second kappa shape index (κ2) is 10.7. The number of aliphatic hydroxyl groups excluding tert-OH is 1. The number of nitrogens with zero attached hydrogens (tertiary/aromatic N) is 1. The molecule has 2 N–H and O–H groups in total. The Morgan fingerprint density at radius 2 is 1.94 bits per heavy atom. The molecule has 0 spiro atoms. The Kier molecular flexibility index (Phi) is 8.22. The van der Waals surface area contributed by atoms with Crippen LogP contribution in [-0.4, -0.2) is 52.1 Å². The minimum atomic E-state index is -3.30. The number of anilines is 1. The zero-order valence-corrected chi connectivity index (χ0v) is 19.6. The molecule has 2 aromatic rings. The van der Waals surface area contributed by atoms with E-state index in [0.29, 0.717) is 29.9 Å². The van der Waals surface area contributed by atoms with Crippen molar-refractivity contribution in [3.63, 3.8) is 0 Å². The minimum absolute atomic E-state index is 0.167. The van der Waals surface area contributed by atoms with Gasteiger partial charge in [0.15, 0.2) is 0 Å². The van der Waals surface area contributed by atoms with Gasteiger partial charge in [0.1, 0.15) is 18.5 Å². The standard InChI is InChI=1S/C23H31ClN2O4S/c1-26(31(2,28)29)20-9-11-22(12-10-20)30-16-21(27)15-25-23(18-7-8-18)13-6-17-4-3-5-19(24)14-17/h3-5,9-12,14,18,21,23,25,27H,6-8,13,15-16H2,1-2H3/t21-,23-/m0/s1. The van der Waals surface area contributed by atoms with Crippen LogP contribution in [0.15, 0.2) is 48.5 Å². The molecule has 170 valence electrons. The van der Waals surface area contributed by atoms with Gasteiger partial charge in [-0.3, -0.25) is 4.31 Å². The largest absolute Gasteiger partial charge is 0.491 e. The van der Waals surface area contributed by atoms with E-state index in [1.54, 1.807) is 24.3 Å². The molecule has 1 aliphatic carbocycles. The van der Waals surface area contributed by atoms with Crippen LogP contribution in [0.4, 0.5) is 5.69 Å². The van der Waals surface area contributed by atoms with Gasteiger partial charge in [0, 0.05) is 24.7 Å². The first-order chi connectivity index (χ1) is 14.7. The summed E-state index contributed by atoms with van der Waals surface area (Å²) in [4.78, 5) is 0. The number of rotatable bonds is 12. The van der Waals surface area contributed by atoms with Crippen LogP contribution >= 0.6 is 11.6 Å². The van der Waals surface area contributed by atoms with Crippen molar-refractivity contribution in [1.29, 1.82) is 0 Å². The summed E-state index contributed by atoms with van der Waals surface area (Å²) in [5.74, 6) is 1.26. The summed E-state index contributed by atoms with van der Waals surface area (Å²) in [5.41, 5.74) is 1.79. The minimum Gasteiger partial charge on any atom is -0.491 e. The number of sulfonamides is 1. The molecule has 0 saturated heterocycles. The molecule has 2 atom stereocenters. The molecule has 8 heteroatoms. The lowest BCUT2D eigenvalue weighted by Crippen LogP contribution is -2.39. The van der Waals surface area contributed by atoms with Crippen molar-refractivity contribution in [2.75, 3.05) is 30.8 Å². The van der Waals surface area contributed by atoms with Gasteiger partial charge in [-0.15, -0.1) is 0 Å². The maximum Gasteiger partial charge on any atom is 0.231 e. The third-order valence-electron chi connectivity index (χ3n) is 5.58. The highest BCUT2D eigenvalue weighted by atomic mass is 35.5. The molecule has 0 heterocycles. The molecule has 1 aliphatic rings. The number of aliphatic hydroxyl groups is 1. The van der Waals surface area contributed by atoms with Crippen LogP contribution in [0.5, 0.6) is 5.75 Å². The van der Waals surface area contributed by atoms with Gasteiger partial charge in [-0.05, 0) is 73.6 Å². The summed E-state index contributed by atoms with van der Waals surface area (Å²) in [5, 5.41) is 14.6. The molecule has 0 radical (unpaired) electrons. The zero-order valence-electron chi connectivity index (χ0n) is 18.0. The predicted molar refractivity (Wildman–Crippen MR) is 125 cm³/mol. The second-order valence-corrected chi connectivity index (χ2v) is 10.7. The number of halogens is 1. The fraction of sp³-hybridized carbons (Fsp3) is 0.478. The van der Waals surface area contributed by atoms with Gasteiger partial charge < -0.3 is 15.2 Å². The topological polar surface area (TPSA) is 78.9 Å². The highest BCUT2D eigenvalue weighted by Crippen LogP contribution is 2.34. The molecule has 6 nitrogen and oxygen atoms in total. The van der Waals surface area contributed by atoms with Gasteiger partial charge in [-0.25, -0.2) is 8.42 Å². The quantitative estimate of drug-likeness (QED) is 0.500. The van der Waals surface area contributed by atoms with Crippen molar-refractivity contribution in [2.24, 2.45) is 5.92 Å². The van der Waals surface area contributed by atoms with Crippen molar-refractivity contribution in [1.82, 2.24) is 5.32 Å². The number of benzene rings is 2. The van der Waals surface area contributed by atoms with Crippen LogP contribution in [-0.2, 0) is 16.4 Å². The Hall–Kier alpha value is -1.80. The van der Waals surface area contributed by atoms with Gasteiger partial charge in [-0.1, -0.05) is 23.7 Å². The first-order valence-corrected chi connectivity index (χ1v) is 12.8. The number of ether oxygens (including phenoxy) is 1. The van der Waals surface area contributed by atoms with Crippen LogP contribution < -0.4 is 14.4 Å². The third-order valence-corrected chi connectivity index (χ3v) is 7.02. The lowest BCUT2D eigenvalue weighted by atomic mass is 10.0. The molecule has 0 aromatic heterocycles. The van der Waals surface area contributed by atoms with Gasteiger partial charge in [0.25, 0.3) is 0 Å². The van der Waals surface area contributed by atoms with Crippen molar-refractivity contribution in [2.45, 2.75) is 37.8 Å². The summed E-state index contributed by atoms with van der Waals surface area (Å²) < 4.78 is 30.1. The lowest BCUT2D eigenvalue weighted by Gasteiger charge is -2.21. The van der Waals surface area contributed by atoms with E-state index >= 15 is 0 Å². The van der Waals surface area contributed by atoms with E-state index in [0.717, 1.165) is 24.1 Å². The van der Waals surface area contributed by atoms with Gasteiger partial charge in [0.05, 0.1) is 11.9 Å². The summed E-state index contributed by atoms with van der Waals surface area (Å²) in [6.07, 6.45) is 4.95. The average molecular weight is 467 g/mol. The Labute approximate surface area is 190 Å². The maximum atomic E-state index is 11.6. The Morgan fingerprint density at radius 1 is 1.23 bits per heavy atom. The highest BCUT2D eigenvalue weighted by molar-refractivity contribution is 7.92. The van der Waals surface area contributed by atoms with Crippen LogP contribution in [0.1, 0.15) is 24.8 Å². The van der Waals surface area contributed by atoms with Crippen LogP contribution in [0.2, 0.25) is 5.02 Å². The molecule has 0 bridgehead atoms. The monoisotopic (exact) mass is 466 g/mol. The first-order valence-electron chi connectivity index (χ1n) is 10.5. The van der Waals surface area contributed by atoms with Crippen molar-refractivity contribution in [3.8, 4) is 5.75 Å². The lowest BCUT2D eigenvalue weighted by molar-refractivity contribution is 0.102. The van der Waals surface area contributed by atoms with E-state index in [2.05, 4.69) is 11.4 Å². The zero-order chi connectivity index (χ0) is 22.4. The van der Waals surface area contributed by atoms with Crippen LogP contribution in [0.25, 0.3) is 0 Å². The Balaban J connectivity index is 1.42. The Bertz CT molecular complexity index is 948. The molecular formula is C23H31ClN2O4S. The third kappa shape index (κ3) is 7.68. The summed E-state index contributed by atoms with van der Waals surface area (Å²) in [6.45, 7) is 0.631. The average Bonchev–Trinajstić information content (AvgIpc) is 3.57. The fourth-order valence-corrected chi connectivity index (χ4v) is 4.22. The normalized spacial score (nSPS) is 16.0. The van der Waals surface area contributed by atoms with E-state index in [1.165, 1.54) is 29.8 Å². The van der Waals surface area contributed by atoms with E-state index in [4.69, 9.17) is 16.3 Å². The molecule has 1 saturated carbocycles. The van der Waals surface area contributed by atoms with Crippen LogP contribution in [0.3, 0.4) is 0 Å². The molecular weight excluding hydrogens is 436 g/mol. The molecule has 1 fully saturated rings. The number of aryl methyl sites for hydroxylation is 1. The molecule has 0 aliphatic heterocycles. The first kappa shape index (κ1) is 23.9. The summed E-state index contributed by atoms with van der Waals surface area (Å²) >= 11 is 6.08. The molecule has 31 heavy (non-hydrogen) atoms. The van der Waals surface area contributed by atoms with E-state index in [-0.39, 0.29) is 6.61 Å². The summed E-state index contributed by atoms with van der Waals surface area (Å²) in [6, 6.07) is 15.1. The van der Waals surface area contributed by atoms with E-state index < -0.39 is 16.1 Å². The number of nitrogens with one attached hydrogen (secondary N) is 1. The number of hydrogen-bond acceptors (Lipinski definition) is 5. The SMILES string of the molecule is CN(c1ccc(OC[C@@H](O)CN[C@@H](CCc2cccc(Cl)c2)C2CC2)cc1)S(C)(=O)=O. The number of hydrogen-bond donors (Lipinski definition) is 2. The van der Waals surface area contributed by atoms with Gasteiger partial charge in [-0.2, -0.15) is 0 Å². The Morgan fingerprint density at radius 3 is 2.55 bits per heavy atom. The van der Waals surface area contributed by atoms with E-state index in [1.807, 2.05) is 18.2 Å². The van der Waals surface area contributed by atoms with Crippen LogP contribution in [0, 0.1) is 5.92 Å². The molecule has 0 unspecified atom stereocenters. The van der Waals surface area contributed by atoms with Gasteiger partial charge >= 0.3 is 0 Å². The van der Waals surface area contributed by atoms with Crippen molar-refractivity contribution in [3.05, 3.63) is 59.1 Å². The predicted octanol–water partition coefficient (Wildman–Crippen LogP) is 3.48.